The maximum Gasteiger partial charge on any atom is 0.156 e. The number of thioether (sulfide) groups is 1. The van der Waals surface area contributed by atoms with Gasteiger partial charge < -0.3 is 9.73 Å². The van der Waals surface area contributed by atoms with E-state index < -0.39 is 0 Å². The van der Waals surface area contributed by atoms with Crippen molar-refractivity contribution in [3.05, 3.63) is 24.2 Å². The maximum atomic E-state index is 5.24. The molecule has 1 fully saturated rings. The van der Waals surface area contributed by atoms with Crippen molar-refractivity contribution >= 4 is 16.9 Å². The van der Waals surface area contributed by atoms with E-state index in [-0.39, 0.29) is 0 Å². The summed E-state index contributed by atoms with van der Waals surface area (Å²) >= 11 is 1.82. The maximum absolute atomic E-state index is 5.24. The Labute approximate surface area is 94.3 Å². The molecule has 0 saturated carbocycles. The standard InChI is InChI=1S/C11H16N2OS/c1-2-9-8-15-11(13-9)12-6-5-10-4-3-7-14-10/h3-4,7,9H,2,5-6,8H2,1H3,(H,12,13). The molecule has 0 amide bonds. The molecule has 0 spiro atoms. The van der Waals surface area contributed by atoms with Crippen LogP contribution in [0.4, 0.5) is 0 Å². The highest BCUT2D eigenvalue weighted by atomic mass is 32.2. The SMILES string of the molecule is CCC1CSC(=NCCc2ccco2)N1. The summed E-state index contributed by atoms with van der Waals surface area (Å²) in [5, 5.41) is 4.49. The van der Waals surface area contributed by atoms with Crippen LogP contribution in [0.15, 0.2) is 27.8 Å². The fourth-order valence-corrected chi connectivity index (χ4v) is 2.58. The molecule has 1 aromatic rings. The molecule has 1 aliphatic rings. The molecule has 1 saturated heterocycles. The smallest absolute Gasteiger partial charge is 0.156 e. The Morgan fingerprint density at radius 1 is 1.67 bits per heavy atom. The number of hydrogen-bond donors (Lipinski definition) is 1. The summed E-state index contributed by atoms with van der Waals surface area (Å²) < 4.78 is 5.24. The van der Waals surface area contributed by atoms with Crippen LogP contribution in [0.1, 0.15) is 19.1 Å². The number of furan rings is 1. The molecule has 2 heterocycles. The molecular formula is C11H16N2OS. The van der Waals surface area contributed by atoms with Gasteiger partial charge in [-0.05, 0) is 18.6 Å². The lowest BCUT2D eigenvalue weighted by Gasteiger charge is -2.04. The predicted octanol–water partition coefficient (Wildman–Crippen LogP) is 2.29. The van der Waals surface area contributed by atoms with E-state index in [1.807, 2.05) is 23.9 Å². The Bertz CT molecular complexity index is 321. The molecule has 2 rings (SSSR count). The van der Waals surface area contributed by atoms with Crippen molar-refractivity contribution in [2.45, 2.75) is 25.8 Å². The first-order chi connectivity index (χ1) is 7.38. The van der Waals surface area contributed by atoms with Gasteiger partial charge in [0.25, 0.3) is 0 Å². The summed E-state index contributed by atoms with van der Waals surface area (Å²) in [5.74, 6) is 2.16. The van der Waals surface area contributed by atoms with Gasteiger partial charge in [0.1, 0.15) is 5.76 Å². The van der Waals surface area contributed by atoms with Crippen LogP contribution in [-0.2, 0) is 6.42 Å². The van der Waals surface area contributed by atoms with Gasteiger partial charge in [0.15, 0.2) is 5.17 Å². The van der Waals surface area contributed by atoms with Crippen molar-refractivity contribution in [2.24, 2.45) is 4.99 Å². The molecule has 1 atom stereocenters. The summed E-state index contributed by atoms with van der Waals surface area (Å²) in [4.78, 5) is 4.50. The molecule has 0 radical (unpaired) electrons. The fraction of sp³-hybridized carbons (Fsp3) is 0.545. The molecule has 1 N–H and O–H groups in total. The number of hydrogen-bond acceptors (Lipinski definition) is 3. The molecule has 0 aromatic carbocycles. The molecule has 1 unspecified atom stereocenters. The van der Waals surface area contributed by atoms with Crippen LogP contribution in [0.3, 0.4) is 0 Å². The van der Waals surface area contributed by atoms with Crippen LogP contribution in [-0.4, -0.2) is 23.5 Å². The van der Waals surface area contributed by atoms with Gasteiger partial charge in [0.2, 0.25) is 0 Å². The van der Waals surface area contributed by atoms with E-state index in [1.165, 1.54) is 6.42 Å². The van der Waals surface area contributed by atoms with E-state index in [2.05, 4.69) is 17.2 Å². The molecule has 0 aliphatic carbocycles. The Kier molecular flexibility index (Phi) is 3.72. The first-order valence-electron chi connectivity index (χ1n) is 5.34. The van der Waals surface area contributed by atoms with Crippen molar-refractivity contribution in [3.8, 4) is 0 Å². The highest BCUT2D eigenvalue weighted by Gasteiger charge is 2.17. The topological polar surface area (TPSA) is 37.5 Å². The highest BCUT2D eigenvalue weighted by Crippen LogP contribution is 2.15. The lowest BCUT2D eigenvalue weighted by atomic mass is 10.3. The number of rotatable bonds is 4. The van der Waals surface area contributed by atoms with Crippen LogP contribution in [0.2, 0.25) is 0 Å². The third-order valence-electron chi connectivity index (χ3n) is 2.44. The van der Waals surface area contributed by atoms with Crippen molar-refractivity contribution in [1.82, 2.24) is 5.32 Å². The van der Waals surface area contributed by atoms with E-state index >= 15 is 0 Å². The lowest BCUT2D eigenvalue weighted by Crippen LogP contribution is -2.25. The van der Waals surface area contributed by atoms with Gasteiger partial charge in [-0.3, -0.25) is 4.99 Å². The van der Waals surface area contributed by atoms with E-state index in [4.69, 9.17) is 4.42 Å². The minimum atomic E-state index is 0.609. The van der Waals surface area contributed by atoms with Crippen LogP contribution < -0.4 is 5.32 Å². The monoisotopic (exact) mass is 224 g/mol. The molecule has 1 aromatic heterocycles. The second-order valence-electron chi connectivity index (χ2n) is 3.58. The van der Waals surface area contributed by atoms with E-state index in [0.29, 0.717) is 6.04 Å². The zero-order valence-corrected chi connectivity index (χ0v) is 9.72. The van der Waals surface area contributed by atoms with E-state index in [1.54, 1.807) is 6.26 Å². The largest absolute Gasteiger partial charge is 0.469 e. The Hall–Kier alpha value is -0.900. The fourth-order valence-electron chi connectivity index (χ4n) is 1.47. The summed E-state index contributed by atoms with van der Waals surface area (Å²) in [6.07, 6.45) is 3.76. The minimum Gasteiger partial charge on any atom is -0.469 e. The van der Waals surface area contributed by atoms with Gasteiger partial charge in [-0.1, -0.05) is 18.7 Å². The minimum absolute atomic E-state index is 0.609. The molecule has 0 bridgehead atoms. The van der Waals surface area contributed by atoms with Gasteiger partial charge in [-0.25, -0.2) is 0 Å². The zero-order valence-electron chi connectivity index (χ0n) is 8.90. The summed E-state index contributed by atoms with van der Waals surface area (Å²) in [7, 11) is 0. The quantitative estimate of drug-likeness (QED) is 0.852. The normalized spacial score (nSPS) is 23.3. The van der Waals surface area contributed by atoms with Crippen LogP contribution in [0, 0.1) is 0 Å². The first kappa shape index (κ1) is 10.6. The van der Waals surface area contributed by atoms with Gasteiger partial charge >= 0.3 is 0 Å². The predicted molar refractivity (Wildman–Crippen MR) is 64.4 cm³/mol. The van der Waals surface area contributed by atoms with Gasteiger partial charge in [-0.2, -0.15) is 0 Å². The summed E-state index contributed by atoms with van der Waals surface area (Å²) in [6.45, 7) is 3.00. The average molecular weight is 224 g/mol. The van der Waals surface area contributed by atoms with Crippen molar-refractivity contribution < 1.29 is 4.42 Å². The first-order valence-corrected chi connectivity index (χ1v) is 6.33. The molecule has 15 heavy (non-hydrogen) atoms. The van der Waals surface area contributed by atoms with Gasteiger partial charge in [0, 0.05) is 24.8 Å². The number of aliphatic imine (C=N–C) groups is 1. The number of nitrogens with one attached hydrogen (secondary N) is 1. The van der Waals surface area contributed by atoms with E-state index in [9.17, 15) is 0 Å². The van der Waals surface area contributed by atoms with Crippen LogP contribution in [0.5, 0.6) is 0 Å². The van der Waals surface area contributed by atoms with E-state index in [0.717, 1.165) is 29.6 Å². The number of amidine groups is 1. The molecule has 3 nitrogen and oxygen atoms in total. The average Bonchev–Trinajstić information content (AvgIpc) is 2.88. The zero-order chi connectivity index (χ0) is 10.5. The second kappa shape index (κ2) is 5.26. The summed E-state index contributed by atoms with van der Waals surface area (Å²) in [6, 6.07) is 4.51. The highest BCUT2D eigenvalue weighted by molar-refractivity contribution is 8.14. The van der Waals surface area contributed by atoms with Crippen molar-refractivity contribution in [3.63, 3.8) is 0 Å². The Morgan fingerprint density at radius 3 is 3.27 bits per heavy atom. The third kappa shape index (κ3) is 3.02. The lowest BCUT2D eigenvalue weighted by molar-refractivity contribution is 0.511. The Balaban J connectivity index is 1.75. The van der Waals surface area contributed by atoms with Gasteiger partial charge in [-0.15, -0.1) is 0 Å². The summed E-state index contributed by atoms with van der Waals surface area (Å²) in [5.41, 5.74) is 0. The van der Waals surface area contributed by atoms with Crippen molar-refractivity contribution in [1.29, 1.82) is 0 Å². The third-order valence-corrected chi connectivity index (χ3v) is 3.52. The molecule has 4 heteroatoms. The van der Waals surface area contributed by atoms with Gasteiger partial charge in [0.05, 0.1) is 6.26 Å². The van der Waals surface area contributed by atoms with Crippen LogP contribution in [0.25, 0.3) is 0 Å². The number of nitrogens with zero attached hydrogens (tertiary/aromatic N) is 1. The van der Waals surface area contributed by atoms with Crippen molar-refractivity contribution in [2.75, 3.05) is 12.3 Å². The molecule has 82 valence electrons. The van der Waals surface area contributed by atoms with Crippen LogP contribution >= 0.6 is 11.8 Å². The second-order valence-corrected chi connectivity index (χ2v) is 4.59. The Morgan fingerprint density at radius 2 is 2.60 bits per heavy atom. The molecule has 1 aliphatic heterocycles. The molecular weight excluding hydrogens is 208 g/mol.